The second-order valence-corrected chi connectivity index (χ2v) is 4.90. The molecule has 4 nitrogen and oxygen atoms in total. The fourth-order valence-corrected chi connectivity index (χ4v) is 1.67. The van der Waals surface area contributed by atoms with Crippen molar-refractivity contribution in [3.63, 3.8) is 0 Å². The Balaban J connectivity index is 2.71. The van der Waals surface area contributed by atoms with Gasteiger partial charge in [0.1, 0.15) is 5.75 Å². The first-order valence-corrected chi connectivity index (χ1v) is 6.77. The van der Waals surface area contributed by atoms with Crippen LogP contribution in [0.15, 0.2) is 24.3 Å². The summed E-state index contributed by atoms with van der Waals surface area (Å²) in [5, 5.41) is 2.90. The molecular weight excluding hydrogens is 240 g/mol. The largest absolute Gasteiger partial charge is 0.481 e. The number of nitrogens with one attached hydrogen (secondary N) is 1. The zero-order chi connectivity index (χ0) is 14.4. The van der Waals surface area contributed by atoms with Crippen molar-refractivity contribution >= 4 is 5.91 Å². The highest BCUT2D eigenvalue weighted by Gasteiger charge is 2.18. The normalized spacial score (nSPS) is 15.4. The van der Waals surface area contributed by atoms with Gasteiger partial charge in [-0.1, -0.05) is 25.1 Å². The molecule has 3 atom stereocenters. The third-order valence-electron chi connectivity index (χ3n) is 3.08. The van der Waals surface area contributed by atoms with Crippen LogP contribution in [0.25, 0.3) is 0 Å². The SMILES string of the molecule is CCC(C)NC(=O)C(C)Oc1ccccc1[C@@H](C)N. The predicted molar refractivity (Wildman–Crippen MR) is 77.0 cm³/mol. The Hall–Kier alpha value is -1.55. The highest BCUT2D eigenvalue weighted by Crippen LogP contribution is 2.24. The molecule has 0 radical (unpaired) electrons. The molecule has 0 saturated heterocycles. The van der Waals surface area contributed by atoms with E-state index in [9.17, 15) is 4.79 Å². The van der Waals surface area contributed by atoms with Crippen LogP contribution in [0.4, 0.5) is 0 Å². The molecule has 2 unspecified atom stereocenters. The van der Waals surface area contributed by atoms with E-state index in [2.05, 4.69) is 5.32 Å². The quantitative estimate of drug-likeness (QED) is 0.829. The summed E-state index contributed by atoms with van der Waals surface area (Å²) in [7, 11) is 0. The lowest BCUT2D eigenvalue weighted by Gasteiger charge is -2.20. The van der Waals surface area contributed by atoms with E-state index in [1.165, 1.54) is 0 Å². The molecule has 0 spiro atoms. The average molecular weight is 264 g/mol. The van der Waals surface area contributed by atoms with Crippen molar-refractivity contribution in [2.75, 3.05) is 0 Å². The summed E-state index contributed by atoms with van der Waals surface area (Å²) < 4.78 is 5.72. The molecule has 106 valence electrons. The highest BCUT2D eigenvalue weighted by molar-refractivity contribution is 5.81. The Morgan fingerprint density at radius 1 is 1.32 bits per heavy atom. The number of carbonyl (C=O) groups excluding carboxylic acids is 1. The van der Waals surface area contributed by atoms with E-state index in [-0.39, 0.29) is 18.0 Å². The monoisotopic (exact) mass is 264 g/mol. The van der Waals surface area contributed by atoms with E-state index in [1.54, 1.807) is 6.92 Å². The van der Waals surface area contributed by atoms with Crippen molar-refractivity contribution in [1.82, 2.24) is 5.32 Å². The number of ether oxygens (including phenoxy) is 1. The van der Waals surface area contributed by atoms with Crippen molar-refractivity contribution in [2.24, 2.45) is 5.73 Å². The molecule has 1 amide bonds. The second-order valence-electron chi connectivity index (χ2n) is 4.90. The van der Waals surface area contributed by atoms with E-state index in [0.717, 1.165) is 12.0 Å². The lowest BCUT2D eigenvalue weighted by Crippen LogP contribution is -2.41. The first-order valence-electron chi connectivity index (χ1n) is 6.77. The first-order chi connectivity index (χ1) is 8.95. The molecule has 1 rings (SSSR count). The van der Waals surface area contributed by atoms with Gasteiger partial charge in [-0.3, -0.25) is 4.79 Å². The number of amides is 1. The summed E-state index contributed by atoms with van der Waals surface area (Å²) in [6.07, 6.45) is 0.364. The van der Waals surface area contributed by atoms with Gasteiger partial charge in [-0.2, -0.15) is 0 Å². The molecular formula is C15H24N2O2. The minimum atomic E-state index is -0.533. The van der Waals surface area contributed by atoms with Crippen molar-refractivity contribution in [2.45, 2.75) is 52.3 Å². The number of nitrogens with two attached hydrogens (primary N) is 1. The molecule has 3 N–H and O–H groups in total. The molecule has 0 saturated carbocycles. The highest BCUT2D eigenvalue weighted by atomic mass is 16.5. The van der Waals surface area contributed by atoms with Crippen LogP contribution >= 0.6 is 0 Å². The topological polar surface area (TPSA) is 64.3 Å². The van der Waals surface area contributed by atoms with Crippen LogP contribution < -0.4 is 15.8 Å². The van der Waals surface area contributed by atoms with Gasteiger partial charge < -0.3 is 15.8 Å². The summed E-state index contributed by atoms with van der Waals surface area (Å²) in [5.41, 5.74) is 6.80. The van der Waals surface area contributed by atoms with Crippen molar-refractivity contribution < 1.29 is 9.53 Å². The Morgan fingerprint density at radius 2 is 1.95 bits per heavy atom. The molecule has 0 aromatic heterocycles. The van der Waals surface area contributed by atoms with Crippen molar-refractivity contribution in [3.05, 3.63) is 29.8 Å². The Kier molecular flexibility index (Phi) is 5.83. The molecule has 0 bridgehead atoms. The van der Waals surface area contributed by atoms with E-state index >= 15 is 0 Å². The molecule has 0 heterocycles. The second kappa shape index (κ2) is 7.14. The zero-order valence-electron chi connectivity index (χ0n) is 12.1. The molecule has 1 aromatic carbocycles. The van der Waals surface area contributed by atoms with E-state index < -0.39 is 6.10 Å². The third-order valence-corrected chi connectivity index (χ3v) is 3.08. The summed E-state index contributed by atoms with van der Waals surface area (Å²) in [4.78, 5) is 11.9. The molecule has 4 heteroatoms. The van der Waals surface area contributed by atoms with Gasteiger partial charge in [-0.15, -0.1) is 0 Å². The van der Waals surface area contributed by atoms with Crippen LogP contribution in [0, 0.1) is 0 Å². The van der Waals surface area contributed by atoms with E-state index in [4.69, 9.17) is 10.5 Å². The van der Waals surface area contributed by atoms with Crippen LogP contribution in [0.2, 0.25) is 0 Å². The van der Waals surface area contributed by atoms with Gasteiger partial charge in [-0.05, 0) is 33.3 Å². The van der Waals surface area contributed by atoms with Crippen LogP contribution in [0.3, 0.4) is 0 Å². The zero-order valence-corrected chi connectivity index (χ0v) is 12.1. The van der Waals surface area contributed by atoms with Crippen LogP contribution in [0.5, 0.6) is 5.75 Å². The minimum Gasteiger partial charge on any atom is -0.481 e. The maximum Gasteiger partial charge on any atom is 0.260 e. The predicted octanol–water partition coefficient (Wildman–Crippen LogP) is 2.39. The minimum absolute atomic E-state index is 0.103. The summed E-state index contributed by atoms with van der Waals surface area (Å²) in [5.74, 6) is 0.568. The maximum atomic E-state index is 11.9. The van der Waals surface area contributed by atoms with Crippen molar-refractivity contribution in [1.29, 1.82) is 0 Å². The van der Waals surface area contributed by atoms with Gasteiger partial charge in [0.05, 0.1) is 0 Å². The molecule has 0 aliphatic carbocycles. The lowest BCUT2D eigenvalue weighted by molar-refractivity contribution is -0.127. The first kappa shape index (κ1) is 15.5. The molecule has 19 heavy (non-hydrogen) atoms. The van der Waals surface area contributed by atoms with Crippen molar-refractivity contribution in [3.8, 4) is 5.75 Å². The van der Waals surface area contributed by atoms with Crippen LogP contribution in [-0.2, 0) is 4.79 Å². The number of hydrogen-bond donors (Lipinski definition) is 2. The molecule has 1 aromatic rings. The fourth-order valence-electron chi connectivity index (χ4n) is 1.67. The van der Waals surface area contributed by atoms with E-state index in [0.29, 0.717) is 5.75 Å². The summed E-state index contributed by atoms with van der Waals surface area (Å²) >= 11 is 0. The van der Waals surface area contributed by atoms with Gasteiger partial charge >= 0.3 is 0 Å². The molecule has 0 fully saturated rings. The average Bonchev–Trinajstić information content (AvgIpc) is 2.38. The Morgan fingerprint density at radius 3 is 2.53 bits per heavy atom. The summed E-state index contributed by atoms with van der Waals surface area (Å²) in [6, 6.07) is 7.57. The fraction of sp³-hybridized carbons (Fsp3) is 0.533. The van der Waals surface area contributed by atoms with Gasteiger partial charge in [0, 0.05) is 17.6 Å². The number of carbonyl (C=O) groups is 1. The van der Waals surface area contributed by atoms with Crippen LogP contribution in [-0.4, -0.2) is 18.1 Å². The number of rotatable bonds is 6. The van der Waals surface area contributed by atoms with E-state index in [1.807, 2.05) is 45.0 Å². The Labute approximate surface area is 115 Å². The lowest BCUT2D eigenvalue weighted by atomic mass is 10.1. The summed E-state index contributed by atoms with van der Waals surface area (Å²) in [6.45, 7) is 7.64. The van der Waals surface area contributed by atoms with Crippen LogP contribution in [0.1, 0.15) is 45.7 Å². The number of benzene rings is 1. The standard InChI is InChI=1S/C15H24N2O2/c1-5-10(2)17-15(18)12(4)19-14-9-7-6-8-13(14)11(3)16/h6-12H,5,16H2,1-4H3,(H,17,18)/t10?,11-,12?/m1/s1. The molecule has 0 aliphatic heterocycles. The number of para-hydroxylation sites is 1. The molecule has 0 aliphatic rings. The maximum absolute atomic E-state index is 11.9. The smallest absolute Gasteiger partial charge is 0.260 e. The third kappa shape index (κ3) is 4.56. The van der Waals surface area contributed by atoms with Gasteiger partial charge in [-0.25, -0.2) is 0 Å². The number of hydrogen-bond acceptors (Lipinski definition) is 3. The Bertz CT molecular complexity index is 418. The van der Waals surface area contributed by atoms with Gasteiger partial charge in [0.2, 0.25) is 0 Å². The van der Waals surface area contributed by atoms with Gasteiger partial charge in [0.25, 0.3) is 5.91 Å². The van der Waals surface area contributed by atoms with Gasteiger partial charge in [0.15, 0.2) is 6.10 Å².